The quantitative estimate of drug-likeness (QED) is 0.830. The molecule has 0 atom stereocenters. The number of hydrogen-bond donors (Lipinski definition) is 1. The van der Waals surface area contributed by atoms with E-state index in [4.69, 9.17) is 0 Å². The molecule has 0 radical (unpaired) electrons. The predicted molar refractivity (Wildman–Crippen MR) is 65.8 cm³/mol. The second kappa shape index (κ2) is 4.78. The summed E-state index contributed by atoms with van der Waals surface area (Å²) in [5.74, 6) is 0.894. The second-order valence-electron chi connectivity index (χ2n) is 4.46. The molecule has 2 heterocycles. The Kier molecular flexibility index (Phi) is 3.39. The molecule has 88 valence electrons. The summed E-state index contributed by atoms with van der Waals surface area (Å²) in [6.07, 6.45) is 1.13. The maximum atomic E-state index is 4.54. The van der Waals surface area contributed by atoms with Gasteiger partial charge in [0.1, 0.15) is 0 Å². The first-order chi connectivity index (χ1) is 7.70. The molecule has 0 spiro atoms. The van der Waals surface area contributed by atoms with Gasteiger partial charge in [-0.2, -0.15) is 0 Å². The van der Waals surface area contributed by atoms with E-state index in [2.05, 4.69) is 27.1 Å². The normalized spacial score (nSPS) is 15.9. The van der Waals surface area contributed by atoms with Crippen molar-refractivity contribution in [3.8, 4) is 0 Å². The Morgan fingerprint density at radius 1 is 1.31 bits per heavy atom. The summed E-state index contributed by atoms with van der Waals surface area (Å²) in [5.41, 5.74) is 2.10. The van der Waals surface area contributed by atoms with Gasteiger partial charge in [0, 0.05) is 31.0 Å². The maximum Gasteiger partial charge on any atom is 0.226 e. The van der Waals surface area contributed by atoms with Crippen LogP contribution >= 0.6 is 0 Å². The summed E-state index contributed by atoms with van der Waals surface area (Å²) >= 11 is 0. The molecule has 0 unspecified atom stereocenters. The van der Waals surface area contributed by atoms with Crippen LogP contribution in [0.2, 0.25) is 0 Å². The largest absolute Gasteiger partial charge is 0.335 e. The number of anilines is 1. The van der Waals surface area contributed by atoms with Crippen LogP contribution in [0.5, 0.6) is 0 Å². The Morgan fingerprint density at radius 2 is 1.94 bits per heavy atom. The van der Waals surface area contributed by atoms with Gasteiger partial charge in [0.15, 0.2) is 0 Å². The molecule has 0 aliphatic carbocycles. The lowest BCUT2D eigenvalue weighted by Gasteiger charge is -2.38. The van der Waals surface area contributed by atoms with Crippen LogP contribution in [0.3, 0.4) is 0 Å². The fourth-order valence-electron chi connectivity index (χ4n) is 2.02. The summed E-state index contributed by atoms with van der Waals surface area (Å²) in [4.78, 5) is 11.4. The van der Waals surface area contributed by atoms with Crippen LogP contribution in [0.1, 0.15) is 24.7 Å². The zero-order chi connectivity index (χ0) is 11.5. The van der Waals surface area contributed by atoms with E-state index in [1.54, 1.807) is 0 Å². The van der Waals surface area contributed by atoms with Gasteiger partial charge in [-0.15, -0.1) is 0 Å². The summed E-state index contributed by atoms with van der Waals surface area (Å²) in [6.45, 7) is 9.40. The number of hydrogen-bond acceptors (Lipinski definition) is 4. The van der Waals surface area contributed by atoms with Crippen LogP contribution in [-0.2, 0) is 0 Å². The van der Waals surface area contributed by atoms with Crippen LogP contribution in [0.4, 0.5) is 5.95 Å². The highest BCUT2D eigenvalue weighted by Crippen LogP contribution is 2.16. The third-order valence-electron chi connectivity index (χ3n) is 2.89. The Morgan fingerprint density at radius 3 is 2.38 bits per heavy atom. The van der Waals surface area contributed by atoms with Crippen molar-refractivity contribution in [3.63, 3.8) is 0 Å². The molecule has 0 bridgehead atoms. The first kappa shape index (κ1) is 11.3. The van der Waals surface area contributed by atoms with Crippen molar-refractivity contribution >= 4 is 5.95 Å². The SMILES string of the molecule is CCCN(c1nc(C)cc(C)n1)C1CNC1. The minimum Gasteiger partial charge on any atom is -0.335 e. The van der Waals surface area contributed by atoms with Gasteiger partial charge in [0.2, 0.25) is 5.95 Å². The molecule has 1 N–H and O–H groups in total. The zero-order valence-corrected chi connectivity index (χ0v) is 10.3. The van der Waals surface area contributed by atoms with Crippen molar-refractivity contribution in [2.24, 2.45) is 0 Å². The van der Waals surface area contributed by atoms with Crippen molar-refractivity contribution in [2.75, 3.05) is 24.5 Å². The smallest absolute Gasteiger partial charge is 0.226 e. The highest BCUT2D eigenvalue weighted by Gasteiger charge is 2.26. The average Bonchev–Trinajstić information content (AvgIpc) is 2.12. The highest BCUT2D eigenvalue weighted by atomic mass is 15.3. The first-order valence-corrected chi connectivity index (χ1v) is 6.00. The molecule has 4 heteroatoms. The lowest BCUT2D eigenvalue weighted by molar-refractivity contribution is 0.407. The maximum absolute atomic E-state index is 4.54. The Balaban J connectivity index is 2.22. The third-order valence-corrected chi connectivity index (χ3v) is 2.89. The van der Waals surface area contributed by atoms with Gasteiger partial charge in [-0.3, -0.25) is 0 Å². The van der Waals surface area contributed by atoms with Crippen LogP contribution in [0, 0.1) is 13.8 Å². The summed E-state index contributed by atoms with van der Waals surface area (Å²) in [5, 5.41) is 3.30. The molecule has 4 nitrogen and oxygen atoms in total. The van der Waals surface area contributed by atoms with Gasteiger partial charge in [0.05, 0.1) is 6.04 Å². The van der Waals surface area contributed by atoms with Gasteiger partial charge in [-0.05, 0) is 26.3 Å². The standard InChI is InChI=1S/C12H20N4/c1-4-5-16(11-7-13-8-11)12-14-9(2)6-10(3)15-12/h6,11,13H,4-5,7-8H2,1-3H3. The topological polar surface area (TPSA) is 41.1 Å². The average molecular weight is 220 g/mol. The molecule has 0 amide bonds. The molecule has 1 aromatic heterocycles. The van der Waals surface area contributed by atoms with Gasteiger partial charge in [-0.25, -0.2) is 9.97 Å². The summed E-state index contributed by atoms with van der Waals surface area (Å²) in [6, 6.07) is 2.59. The molecule has 1 saturated heterocycles. The lowest BCUT2D eigenvalue weighted by atomic mass is 10.1. The van der Waals surface area contributed by atoms with Crippen LogP contribution < -0.4 is 10.2 Å². The van der Waals surface area contributed by atoms with Crippen molar-refractivity contribution in [1.29, 1.82) is 0 Å². The van der Waals surface area contributed by atoms with Crippen LogP contribution in [-0.4, -0.2) is 35.6 Å². The van der Waals surface area contributed by atoms with E-state index in [0.717, 1.165) is 43.4 Å². The van der Waals surface area contributed by atoms with E-state index in [1.807, 2.05) is 19.9 Å². The lowest BCUT2D eigenvalue weighted by Crippen LogP contribution is -2.58. The minimum atomic E-state index is 0.571. The molecular weight excluding hydrogens is 200 g/mol. The second-order valence-corrected chi connectivity index (χ2v) is 4.46. The number of aryl methyl sites for hydroxylation is 2. The van der Waals surface area contributed by atoms with Gasteiger partial charge >= 0.3 is 0 Å². The molecule has 1 aromatic rings. The van der Waals surface area contributed by atoms with Gasteiger partial charge in [-0.1, -0.05) is 6.92 Å². The molecule has 16 heavy (non-hydrogen) atoms. The molecule has 0 aromatic carbocycles. The van der Waals surface area contributed by atoms with Crippen molar-refractivity contribution in [3.05, 3.63) is 17.5 Å². The molecular formula is C12H20N4. The van der Waals surface area contributed by atoms with Crippen LogP contribution in [0.25, 0.3) is 0 Å². The van der Waals surface area contributed by atoms with Gasteiger partial charge in [0.25, 0.3) is 0 Å². The molecule has 2 rings (SSSR count). The van der Waals surface area contributed by atoms with Crippen molar-refractivity contribution < 1.29 is 0 Å². The van der Waals surface area contributed by atoms with Crippen molar-refractivity contribution in [1.82, 2.24) is 15.3 Å². The van der Waals surface area contributed by atoms with Gasteiger partial charge < -0.3 is 10.2 Å². The van der Waals surface area contributed by atoms with E-state index < -0.39 is 0 Å². The van der Waals surface area contributed by atoms with E-state index in [9.17, 15) is 0 Å². The minimum absolute atomic E-state index is 0.571. The fourth-order valence-corrected chi connectivity index (χ4v) is 2.02. The monoisotopic (exact) mass is 220 g/mol. The summed E-state index contributed by atoms with van der Waals surface area (Å²) in [7, 11) is 0. The van der Waals surface area contributed by atoms with E-state index >= 15 is 0 Å². The summed E-state index contributed by atoms with van der Waals surface area (Å²) < 4.78 is 0. The highest BCUT2D eigenvalue weighted by molar-refractivity contribution is 5.35. The predicted octanol–water partition coefficient (Wildman–Crippen LogP) is 1.28. The zero-order valence-electron chi connectivity index (χ0n) is 10.3. The molecule has 0 saturated carbocycles. The number of nitrogens with one attached hydrogen (secondary N) is 1. The van der Waals surface area contributed by atoms with E-state index in [1.165, 1.54) is 0 Å². The Hall–Kier alpha value is -1.16. The molecule has 1 aliphatic rings. The number of nitrogens with zero attached hydrogens (tertiary/aromatic N) is 3. The number of rotatable bonds is 4. The third kappa shape index (κ3) is 2.32. The first-order valence-electron chi connectivity index (χ1n) is 6.00. The Bertz CT molecular complexity index is 340. The molecule has 1 fully saturated rings. The van der Waals surface area contributed by atoms with Crippen LogP contribution in [0.15, 0.2) is 6.07 Å². The number of aromatic nitrogens is 2. The van der Waals surface area contributed by atoms with E-state index in [0.29, 0.717) is 6.04 Å². The van der Waals surface area contributed by atoms with Crippen molar-refractivity contribution in [2.45, 2.75) is 33.2 Å². The Labute approximate surface area is 97.1 Å². The fraction of sp³-hybridized carbons (Fsp3) is 0.667. The molecule has 1 aliphatic heterocycles. The van der Waals surface area contributed by atoms with E-state index in [-0.39, 0.29) is 0 Å².